The standard InChI is InChI=1S/C15H13N3/c1-2-8-14-12(5-1)6-3-7-13(14)11-16-15-9-4-10-17-18-15/h1-10H,11H2,(H,16,18). The second-order valence-corrected chi connectivity index (χ2v) is 4.10. The molecule has 88 valence electrons. The number of hydrogen-bond donors (Lipinski definition) is 1. The third-order valence-corrected chi connectivity index (χ3v) is 2.91. The Morgan fingerprint density at radius 3 is 2.67 bits per heavy atom. The summed E-state index contributed by atoms with van der Waals surface area (Å²) in [5, 5.41) is 13.7. The van der Waals surface area contributed by atoms with Gasteiger partial charge in [0, 0.05) is 12.7 Å². The van der Waals surface area contributed by atoms with E-state index in [-0.39, 0.29) is 0 Å². The summed E-state index contributed by atoms with van der Waals surface area (Å²) in [5.41, 5.74) is 1.26. The first-order valence-corrected chi connectivity index (χ1v) is 5.92. The van der Waals surface area contributed by atoms with Gasteiger partial charge in [-0.3, -0.25) is 0 Å². The molecule has 2 aromatic carbocycles. The van der Waals surface area contributed by atoms with Gasteiger partial charge < -0.3 is 5.32 Å². The van der Waals surface area contributed by atoms with Crippen LogP contribution in [0.3, 0.4) is 0 Å². The van der Waals surface area contributed by atoms with Gasteiger partial charge in [-0.15, -0.1) is 5.10 Å². The first-order valence-electron chi connectivity index (χ1n) is 5.92. The number of hydrogen-bond acceptors (Lipinski definition) is 3. The van der Waals surface area contributed by atoms with Gasteiger partial charge in [0.25, 0.3) is 0 Å². The van der Waals surface area contributed by atoms with E-state index >= 15 is 0 Å². The molecule has 3 rings (SSSR count). The van der Waals surface area contributed by atoms with Gasteiger partial charge >= 0.3 is 0 Å². The summed E-state index contributed by atoms with van der Waals surface area (Å²) in [4.78, 5) is 0. The highest BCUT2D eigenvalue weighted by Gasteiger charge is 2.00. The Morgan fingerprint density at radius 2 is 1.78 bits per heavy atom. The minimum Gasteiger partial charge on any atom is -0.364 e. The molecule has 1 heterocycles. The van der Waals surface area contributed by atoms with Gasteiger partial charge in [-0.2, -0.15) is 5.10 Å². The van der Waals surface area contributed by atoms with Crippen molar-refractivity contribution in [3.05, 3.63) is 66.4 Å². The summed E-state index contributed by atoms with van der Waals surface area (Å²) in [6.07, 6.45) is 1.67. The Hall–Kier alpha value is -2.42. The second-order valence-electron chi connectivity index (χ2n) is 4.10. The van der Waals surface area contributed by atoms with E-state index in [1.165, 1.54) is 16.3 Å². The van der Waals surface area contributed by atoms with Gasteiger partial charge in [-0.25, -0.2) is 0 Å². The van der Waals surface area contributed by atoms with Crippen LogP contribution in [0.5, 0.6) is 0 Å². The number of anilines is 1. The molecule has 1 N–H and O–H groups in total. The molecule has 0 aliphatic rings. The molecule has 1 aromatic heterocycles. The van der Waals surface area contributed by atoms with E-state index in [1.54, 1.807) is 6.20 Å². The zero-order valence-corrected chi connectivity index (χ0v) is 9.88. The van der Waals surface area contributed by atoms with Gasteiger partial charge in [0.05, 0.1) is 0 Å². The van der Waals surface area contributed by atoms with Crippen molar-refractivity contribution in [3.8, 4) is 0 Å². The molecule has 0 spiro atoms. The van der Waals surface area contributed by atoms with Crippen LogP contribution in [-0.2, 0) is 6.54 Å². The summed E-state index contributed by atoms with van der Waals surface area (Å²) in [6.45, 7) is 0.750. The van der Waals surface area contributed by atoms with Crippen LogP contribution in [0.1, 0.15) is 5.56 Å². The fourth-order valence-corrected chi connectivity index (χ4v) is 2.03. The third kappa shape index (κ3) is 2.15. The quantitative estimate of drug-likeness (QED) is 0.757. The van der Waals surface area contributed by atoms with E-state index < -0.39 is 0 Å². The van der Waals surface area contributed by atoms with Gasteiger partial charge in [-0.05, 0) is 28.5 Å². The fourth-order valence-electron chi connectivity index (χ4n) is 2.03. The van der Waals surface area contributed by atoms with Crippen molar-refractivity contribution >= 4 is 16.6 Å². The van der Waals surface area contributed by atoms with Gasteiger partial charge in [0.2, 0.25) is 0 Å². The largest absolute Gasteiger partial charge is 0.364 e. The number of fused-ring (bicyclic) bond motifs is 1. The summed E-state index contributed by atoms with van der Waals surface area (Å²) in [5.74, 6) is 0.797. The number of aromatic nitrogens is 2. The number of benzene rings is 2. The summed E-state index contributed by atoms with van der Waals surface area (Å²) >= 11 is 0. The monoisotopic (exact) mass is 235 g/mol. The lowest BCUT2D eigenvalue weighted by atomic mass is 10.0. The van der Waals surface area contributed by atoms with E-state index in [0.717, 1.165) is 12.4 Å². The van der Waals surface area contributed by atoms with Crippen LogP contribution in [0.2, 0.25) is 0 Å². The Morgan fingerprint density at radius 1 is 0.889 bits per heavy atom. The minimum atomic E-state index is 0.750. The van der Waals surface area contributed by atoms with Crippen molar-refractivity contribution in [2.24, 2.45) is 0 Å². The molecule has 3 nitrogen and oxygen atoms in total. The highest BCUT2D eigenvalue weighted by molar-refractivity contribution is 5.85. The van der Waals surface area contributed by atoms with Gasteiger partial charge in [-0.1, -0.05) is 42.5 Å². The molecular formula is C15H13N3. The Labute approximate surface area is 105 Å². The minimum absolute atomic E-state index is 0.750. The number of nitrogens with one attached hydrogen (secondary N) is 1. The molecular weight excluding hydrogens is 222 g/mol. The van der Waals surface area contributed by atoms with E-state index in [0.29, 0.717) is 0 Å². The van der Waals surface area contributed by atoms with Crippen LogP contribution in [0, 0.1) is 0 Å². The Kier molecular flexibility index (Phi) is 2.88. The van der Waals surface area contributed by atoms with Crippen molar-refractivity contribution < 1.29 is 0 Å². The molecule has 0 aliphatic carbocycles. The predicted molar refractivity (Wildman–Crippen MR) is 73.3 cm³/mol. The van der Waals surface area contributed by atoms with Crippen molar-refractivity contribution in [1.82, 2.24) is 10.2 Å². The molecule has 0 bridgehead atoms. The van der Waals surface area contributed by atoms with E-state index in [9.17, 15) is 0 Å². The molecule has 0 radical (unpaired) electrons. The molecule has 0 amide bonds. The van der Waals surface area contributed by atoms with Gasteiger partial charge in [0.15, 0.2) is 0 Å². The SMILES string of the molecule is c1cnnc(NCc2cccc3ccccc23)c1. The van der Waals surface area contributed by atoms with E-state index in [1.807, 2.05) is 12.1 Å². The van der Waals surface area contributed by atoms with Crippen molar-refractivity contribution in [1.29, 1.82) is 0 Å². The number of rotatable bonds is 3. The third-order valence-electron chi connectivity index (χ3n) is 2.91. The normalized spacial score (nSPS) is 10.4. The number of nitrogens with zero attached hydrogens (tertiary/aromatic N) is 2. The maximum Gasteiger partial charge on any atom is 0.148 e. The lowest BCUT2D eigenvalue weighted by molar-refractivity contribution is 1.00. The maximum atomic E-state index is 4.01. The Bertz CT molecular complexity index is 645. The summed E-state index contributed by atoms with van der Waals surface area (Å²) < 4.78 is 0. The molecule has 0 saturated carbocycles. The van der Waals surface area contributed by atoms with Crippen LogP contribution in [0.15, 0.2) is 60.8 Å². The van der Waals surface area contributed by atoms with E-state index in [2.05, 4.69) is 58.0 Å². The zero-order valence-electron chi connectivity index (χ0n) is 9.88. The molecule has 18 heavy (non-hydrogen) atoms. The zero-order chi connectivity index (χ0) is 12.2. The van der Waals surface area contributed by atoms with E-state index in [4.69, 9.17) is 0 Å². The smallest absolute Gasteiger partial charge is 0.148 e. The van der Waals surface area contributed by atoms with Gasteiger partial charge in [0.1, 0.15) is 5.82 Å². The van der Waals surface area contributed by atoms with Crippen molar-refractivity contribution in [3.63, 3.8) is 0 Å². The van der Waals surface area contributed by atoms with Crippen molar-refractivity contribution in [2.75, 3.05) is 5.32 Å². The van der Waals surface area contributed by atoms with Crippen molar-refractivity contribution in [2.45, 2.75) is 6.54 Å². The van der Waals surface area contributed by atoms with Crippen LogP contribution in [0.25, 0.3) is 10.8 Å². The lowest BCUT2D eigenvalue weighted by Gasteiger charge is -2.08. The molecule has 3 aromatic rings. The van der Waals surface area contributed by atoms with Crippen LogP contribution in [0.4, 0.5) is 5.82 Å². The van der Waals surface area contributed by atoms with Crippen LogP contribution >= 0.6 is 0 Å². The molecule has 0 aliphatic heterocycles. The fraction of sp³-hybridized carbons (Fsp3) is 0.0667. The average molecular weight is 235 g/mol. The Balaban J connectivity index is 1.87. The average Bonchev–Trinajstić information content (AvgIpc) is 2.46. The van der Waals surface area contributed by atoms with Crippen LogP contribution in [-0.4, -0.2) is 10.2 Å². The lowest BCUT2D eigenvalue weighted by Crippen LogP contribution is -2.02. The highest BCUT2D eigenvalue weighted by Crippen LogP contribution is 2.19. The molecule has 0 fully saturated rings. The first-order chi connectivity index (χ1) is 8.93. The highest BCUT2D eigenvalue weighted by atomic mass is 15.2. The second kappa shape index (κ2) is 4.84. The predicted octanol–water partition coefficient (Wildman–Crippen LogP) is 3.24. The summed E-state index contributed by atoms with van der Waals surface area (Å²) in [7, 11) is 0. The molecule has 3 heteroatoms. The topological polar surface area (TPSA) is 37.8 Å². The maximum absolute atomic E-state index is 4.01. The molecule has 0 unspecified atom stereocenters. The molecule has 0 saturated heterocycles. The summed E-state index contributed by atoms with van der Waals surface area (Å²) in [6, 6.07) is 18.5. The first kappa shape index (κ1) is 10.7. The molecule has 0 atom stereocenters. The van der Waals surface area contributed by atoms with Crippen LogP contribution < -0.4 is 5.32 Å².